The molecule has 0 aliphatic carbocycles. The topological polar surface area (TPSA) is 47.6 Å². The summed E-state index contributed by atoms with van der Waals surface area (Å²) in [6.07, 6.45) is -0.00980. The van der Waals surface area contributed by atoms with E-state index in [0.717, 1.165) is 9.26 Å². The number of amides is 1. The molecule has 5 heteroatoms. The Balaban J connectivity index is 2.07. The number of nitrogens with one attached hydrogen (secondary N) is 1. The Kier molecular flexibility index (Phi) is 6.06. The van der Waals surface area contributed by atoms with Gasteiger partial charge in [-0.15, -0.1) is 0 Å². The van der Waals surface area contributed by atoms with E-state index >= 15 is 0 Å². The van der Waals surface area contributed by atoms with Gasteiger partial charge in [-0.25, -0.2) is 0 Å². The minimum absolute atomic E-state index is 0.172. The molecule has 1 N–H and O–H groups in total. The van der Waals surface area contributed by atoms with Crippen LogP contribution in [0.3, 0.4) is 0 Å². The summed E-state index contributed by atoms with van der Waals surface area (Å²) in [7, 11) is 1.58. The SMILES string of the molecule is CC[C@@H](Oc1ccccc1OC)C(=O)Nc1ccc(I)cc1. The smallest absolute Gasteiger partial charge is 0.265 e. The van der Waals surface area contributed by atoms with Crippen molar-refractivity contribution < 1.29 is 14.3 Å². The van der Waals surface area contributed by atoms with Crippen LogP contribution in [0.2, 0.25) is 0 Å². The summed E-state index contributed by atoms with van der Waals surface area (Å²) in [4.78, 5) is 12.4. The Morgan fingerprint density at radius 1 is 1.14 bits per heavy atom. The molecule has 2 aromatic carbocycles. The molecule has 0 aliphatic rings. The van der Waals surface area contributed by atoms with Crippen LogP contribution in [0.1, 0.15) is 13.3 Å². The van der Waals surface area contributed by atoms with E-state index in [-0.39, 0.29) is 5.91 Å². The largest absolute Gasteiger partial charge is 0.493 e. The van der Waals surface area contributed by atoms with Crippen LogP contribution < -0.4 is 14.8 Å². The summed E-state index contributed by atoms with van der Waals surface area (Å²) in [6, 6.07) is 14.9. The first kappa shape index (κ1) is 16.6. The van der Waals surface area contributed by atoms with Crippen LogP contribution >= 0.6 is 22.6 Å². The van der Waals surface area contributed by atoms with Crippen molar-refractivity contribution in [2.24, 2.45) is 0 Å². The molecular formula is C17H18INO3. The van der Waals surface area contributed by atoms with Gasteiger partial charge in [-0.1, -0.05) is 19.1 Å². The van der Waals surface area contributed by atoms with Crippen LogP contribution in [-0.2, 0) is 4.79 Å². The highest BCUT2D eigenvalue weighted by molar-refractivity contribution is 14.1. The summed E-state index contributed by atoms with van der Waals surface area (Å²) in [5.41, 5.74) is 0.757. The van der Waals surface area contributed by atoms with Crippen LogP contribution in [-0.4, -0.2) is 19.1 Å². The number of carbonyl (C=O) groups is 1. The summed E-state index contributed by atoms with van der Waals surface area (Å²) >= 11 is 2.22. The highest BCUT2D eigenvalue weighted by atomic mass is 127. The third kappa shape index (κ3) is 4.37. The molecule has 116 valence electrons. The lowest BCUT2D eigenvalue weighted by Crippen LogP contribution is -2.32. The minimum atomic E-state index is -0.574. The van der Waals surface area contributed by atoms with E-state index in [1.807, 2.05) is 43.3 Å². The molecule has 2 rings (SSSR count). The number of carbonyl (C=O) groups excluding carboxylic acids is 1. The van der Waals surface area contributed by atoms with Gasteiger partial charge < -0.3 is 14.8 Å². The van der Waals surface area contributed by atoms with Gasteiger partial charge in [-0.3, -0.25) is 4.79 Å². The molecule has 0 radical (unpaired) electrons. The maximum atomic E-state index is 12.4. The standard InChI is InChI=1S/C17H18INO3/c1-3-14(22-16-7-5-4-6-15(16)21-2)17(20)19-13-10-8-12(18)9-11-13/h4-11,14H,3H2,1-2H3,(H,19,20)/t14-/m1/s1. The first-order valence-corrected chi connectivity index (χ1v) is 8.08. The highest BCUT2D eigenvalue weighted by Gasteiger charge is 2.20. The fourth-order valence-corrected chi connectivity index (χ4v) is 2.31. The summed E-state index contributed by atoms with van der Waals surface area (Å²) in [6.45, 7) is 1.91. The number of halogens is 1. The second-order valence-electron chi connectivity index (χ2n) is 4.66. The van der Waals surface area contributed by atoms with Gasteiger partial charge in [0.1, 0.15) is 0 Å². The Morgan fingerprint density at radius 3 is 2.36 bits per heavy atom. The molecule has 0 bridgehead atoms. The van der Waals surface area contributed by atoms with Gasteiger partial charge in [0, 0.05) is 9.26 Å². The fraction of sp³-hybridized carbons (Fsp3) is 0.235. The van der Waals surface area contributed by atoms with Crippen molar-refractivity contribution in [1.29, 1.82) is 0 Å². The Labute approximate surface area is 144 Å². The number of hydrogen-bond donors (Lipinski definition) is 1. The average molecular weight is 411 g/mol. The molecule has 0 aromatic heterocycles. The van der Waals surface area contributed by atoms with Crippen molar-refractivity contribution in [2.75, 3.05) is 12.4 Å². The van der Waals surface area contributed by atoms with Crippen molar-refractivity contribution in [3.05, 3.63) is 52.1 Å². The maximum absolute atomic E-state index is 12.4. The van der Waals surface area contributed by atoms with E-state index in [2.05, 4.69) is 27.9 Å². The van der Waals surface area contributed by atoms with E-state index in [1.54, 1.807) is 19.2 Å². The minimum Gasteiger partial charge on any atom is -0.493 e. The molecule has 0 aliphatic heterocycles. The van der Waals surface area contributed by atoms with E-state index in [9.17, 15) is 4.79 Å². The number of ether oxygens (including phenoxy) is 2. The number of methoxy groups -OCH3 is 1. The number of hydrogen-bond acceptors (Lipinski definition) is 3. The zero-order chi connectivity index (χ0) is 15.9. The molecule has 4 nitrogen and oxygen atoms in total. The van der Waals surface area contributed by atoms with E-state index < -0.39 is 6.10 Å². The van der Waals surface area contributed by atoms with Crippen molar-refractivity contribution in [3.63, 3.8) is 0 Å². The predicted molar refractivity (Wildman–Crippen MR) is 95.5 cm³/mol. The lowest BCUT2D eigenvalue weighted by molar-refractivity contribution is -0.122. The number of benzene rings is 2. The van der Waals surface area contributed by atoms with Crippen molar-refractivity contribution in [3.8, 4) is 11.5 Å². The lowest BCUT2D eigenvalue weighted by atomic mass is 10.2. The third-order valence-corrected chi connectivity index (χ3v) is 3.83. The van der Waals surface area contributed by atoms with Crippen LogP contribution in [0, 0.1) is 3.57 Å². The zero-order valence-corrected chi connectivity index (χ0v) is 14.7. The van der Waals surface area contributed by atoms with Gasteiger partial charge in [0.05, 0.1) is 7.11 Å². The lowest BCUT2D eigenvalue weighted by Gasteiger charge is -2.18. The van der Waals surface area contributed by atoms with E-state index in [0.29, 0.717) is 17.9 Å². The summed E-state index contributed by atoms with van der Waals surface area (Å²) in [5, 5.41) is 2.87. The predicted octanol–water partition coefficient (Wildman–Crippen LogP) is 4.10. The molecule has 0 spiro atoms. The maximum Gasteiger partial charge on any atom is 0.265 e. The quantitative estimate of drug-likeness (QED) is 0.729. The fourth-order valence-electron chi connectivity index (χ4n) is 1.95. The molecule has 22 heavy (non-hydrogen) atoms. The molecule has 2 aromatic rings. The first-order valence-electron chi connectivity index (χ1n) is 7.00. The van der Waals surface area contributed by atoms with Gasteiger partial charge in [-0.05, 0) is 65.4 Å². The third-order valence-electron chi connectivity index (χ3n) is 3.11. The van der Waals surface area contributed by atoms with Gasteiger partial charge in [-0.2, -0.15) is 0 Å². The molecule has 0 saturated carbocycles. The van der Waals surface area contributed by atoms with Gasteiger partial charge in [0.15, 0.2) is 17.6 Å². The van der Waals surface area contributed by atoms with Gasteiger partial charge >= 0.3 is 0 Å². The Bertz CT molecular complexity index is 628. The van der Waals surface area contributed by atoms with E-state index in [1.165, 1.54) is 0 Å². The number of para-hydroxylation sites is 2. The van der Waals surface area contributed by atoms with Crippen molar-refractivity contribution in [2.45, 2.75) is 19.4 Å². The normalized spacial score (nSPS) is 11.6. The molecule has 0 fully saturated rings. The van der Waals surface area contributed by atoms with Crippen LogP contribution in [0.5, 0.6) is 11.5 Å². The van der Waals surface area contributed by atoms with Crippen molar-refractivity contribution in [1.82, 2.24) is 0 Å². The Morgan fingerprint density at radius 2 is 1.77 bits per heavy atom. The van der Waals surface area contributed by atoms with Crippen LogP contribution in [0.4, 0.5) is 5.69 Å². The number of rotatable bonds is 6. The second kappa shape index (κ2) is 8.03. The van der Waals surface area contributed by atoms with Crippen LogP contribution in [0.15, 0.2) is 48.5 Å². The summed E-state index contributed by atoms with van der Waals surface area (Å²) < 4.78 is 12.2. The molecule has 1 amide bonds. The average Bonchev–Trinajstić information content (AvgIpc) is 2.55. The first-order chi connectivity index (χ1) is 10.6. The van der Waals surface area contributed by atoms with E-state index in [4.69, 9.17) is 9.47 Å². The highest BCUT2D eigenvalue weighted by Crippen LogP contribution is 2.27. The molecule has 0 heterocycles. The second-order valence-corrected chi connectivity index (χ2v) is 5.91. The van der Waals surface area contributed by atoms with Crippen molar-refractivity contribution >= 4 is 34.2 Å². The molecule has 0 unspecified atom stereocenters. The molecular weight excluding hydrogens is 393 g/mol. The molecule has 0 saturated heterocycles. The number of anilines is 1. The summed E-state index contributed by atoms with van der Waals surface area (Å²) in [5.74, 6) is 1.01. The van der Waals surface area contributed by atoms with Gasteiger partial charge in [0.25, 0.3) is 5.91 Å². The van der Waals surface area contributed by atoms with Crippen LogP contribution in [0.25, 0.3) is 0 Å². The van der Waals surface area contributed by atoms with Gasteiger partial charge in [0.2, 0.25) is 0 Å². The molecule has 1 atom stereocenters. The zero-order valence-electron chi connectivity index (χ0n) is 12.5. The monoisotopic (exact) mass is 411 g/mol. The Hall–Kier alpha value is -1.76.